The predicted octanol–water partition coefficient (Wildman–Crippen LogP) is 2.40. The quantitative estimate of drug-likeness (QED) is 0.659. The van der Waals surface area contributed by atoms with Crippen molar-refractivity contribution >= 4 is 11.8 Å². The third-order valence-corrected chi connectivity index (χ3v) is 5.50. The number of benzene rings is 1. The maximum Gasteiger partial charge on any atom is 0.223 e. The largest absolute Gasteiger partial charge is 0.497 e. The van der Waals surface area contributed by atoms with Crippen molar-refractivity contribution in [2.24, 2.45) is 0 Å². The molecule has 1 aromatic carbocycles. The molecule has 8 heteroatoms. The minimum absolute atomic E-state index is 0.00546. The SMILES string of the molecule is COc1cccc(CCC(=O)N2CCCC(N(CCc3noc(C)n3)C(C)=O)C2)c1. The molecule has 1 fully saturated rings. The fourth-order valence-electron chi connectivity index (χ4n) is 3.93. The number of aromatic nitrogens is 2. The zero-order chi connectivity index (χ0) is 21.5. The number of carbonyl (C=O) groups is 2. The molecule has 0 bridgehead atoms. The number of likely N-dealkylation sites (tertiary alicyclic amines) is 1. The highest BCUT2D eigenvalue weighted by Gasteiger charge is 2.29. The van der Waals surface area contributed by atoms with Gasteiger partial charge in [-0.05, 0) is 37.0 Å². The summed E-state index contributed by atoms with van der Waals surface area (Å²) in [5.41, 5.74) is 1.08. The van der Waals surface area contributed by atoms with E-state index >= 15 is 0 Å². The Morgan fingerprint density at radius 2 is 2.17 bits per heavy atom. The van der Waals surface area contributed by atoms with Gasteiger partial charge in [-0.3, -0.25) is 9.59 Å². The molecule has 2 heterocycles. The van der Waals surface area contributed by atoms with Crippen LogP contribution in [0.4, 0.5) is 0 Å². The van der Waals surface area contributed by atoms with E-state index in [1.54, 1.807) is 21.0 Å². The van der Waals surface area contributed by atoms with Gasteiger partial charge in [0.05, 0.1) is 7.11 Å². The van der Waals surface area contributed by atoms with Crippen molar-refractivity contribution in [1.29, 1.82) is 0 Å². The smallest absolute Gasteiger partial charge is 0.223 e. The lowest BCUT2D eigenvalue weighted by Crippen LogP contribution is -2.51. The molecule has 1 aliphatic rings. The maximum absolute atomic E-state index is 12.8. The molecule has 0 spiro atoms. The van der Waals surface area contributed by atoms with Gasteiger partial charge in [-0.25, -0.2) is 0 Å². The number of rotatable bonds is 8. The summed E-state index contributed by atoms with van der Waals surface area (Å²) >= 11 is 0. The van der Waals surface area contributed by atoms with E-state index in [4.69, 9.17) is 9.26 Å². The lowest BCUT2D eigenvalue weighted by Gasteiger charge is -2.39. The van der Waals surface area contributed by atoms with Crippen LogP contribution in [0, 0.1) is 6.92 Å². The van der Waals surface area contributed by atoms with Crippen molar-refractivity contribution in [3.05, 3.63) is 41.5 Å². The molecule has 2 amide bonds. The highest BCUT2D eigenvalue weighted by Crippen LogP contribution is 2.19. The number of methoxy groups -OCH3 is 1. The summed E-state index contributed by atoms with van der Waals surface area (Å²) in [5.74, 6) is 2.04. The second kappa shape index (κ2) is 10.2. The number of carbonyl (C=O) groups excluding carboxylic acids is 2. The van der Waals surface area contributed by atoms with E-state index in [1.807, 2.05) is 34.1 Å². The predicted molar refractivity (Wildman–Crippen MR) is 111 cm³/mol. The summed E-state index contributed by atoms with van der Waals surface area (Å²) in [6.45, 7) is 5.15. The van der Waals surface area contributed by atoms with E-state index in [2.05, 4.69) is 10.1 Å². The molecule has 0 aliphatic carbocycles. The molecule has 0 radical (unpaired) electrons. The van der Waals surface area contributed by atoms with Gasteiger partial charge in [0.15, 0.2) is 5.82 Å². The fourth-order valence-corrected chi connectivity index (χ4v) is 3.93. The lowest BCUT2D eigenvalue weighted by molar-refractivity contribution is -0.138. The topological polar surface area (TPSA) is 88.8 Å². The average molecular weight is 415 g/mol. The number of aryl methyl sites for hydroxylation is 2. The summed E-state index contributed by atoms with van der Waals surface area (Å²) < 4.78 is 10.3. The fraction of sp³-hybridized carbons (Fsp3) is 0.545. The molecule has 0 N–H and O–H groups in total. The number of hydrogen-bond acceptors (Lipinski definition) is 6. The van der Waals surface area contributed by atoms with Crippen molar-refractivity contribution in [2.45, 2.75) is 52.0 Å². The molecule has 1 aromatic heterocycles. The Morgan fingerprint density at radius 3 is 2.87 bits per heavy atom. The minimum Gasteiger partial charge on any atom is -0.497 e. The van der Waals surface area contributed by atoms with Crippen LogP contribution in [-0.2, 0) is 22.4 Å². The average Bonchev–Trinajstić information content (AvgIpc) is 3.17. The third kappa shape index (κ3) is 5.81. The van der Waals surface area contributed by atoms with Gasteiger partial charge in [0.25, 0.3) is 0 Å². The Labute approximate surface area is 177 Å². The van der Waals surface area contributed by atoms with E-state index in [-0.39, 0.29) is 17.9 Å². The molecule has 2 aromatic rings. The van der Waals surface area contributed by atoms with Gasteiger partial charge in [-0.1, -0.05) is 17.3 Å². The van der Waals surface area contributed by atoms with E-state index < -0.39 is 0 Å². The van der Waals surface area contributed by atoms with Crippen molar-refractivity contribution in [3.63, 3.8) is 0 Å². The van der Waals surface area contributed by atoms with Crippen LogP contribution in [0.15, 0.2) is 28.8 Å². The zero-order valence-electron chi connectivity index (χ0n) is 18.0. The summed E-state index contributed by atoms with van der Waals surface area (Å²) in [6, 6.07) is 7.82. The molecular formula is C22H30N4O4. The standard InChI is InChI=1S/C22H30N4O4/c1-16-23-21(24-30-16)11-13-26(17(2)27)19-7-5-12-25(15-19)22(28)10-9-18-6-4-8-20(14-18)29-3/h4,6,8,14,19H,5,7,9-13,15H2,1-3H3. The second-order valence-corrected chi connectivity index (χ2v) is 7.68. The highest BCUT2D eigenvalue weighted by atomic mass is 16.5. The normalized spacial score (nSPS) is 16.4. The summed E-state index contributed by atoms with van der Waals surface area (Å²) in [5, 5.41) is 3.90. The van der Waals surface area contributed by atoms with Gasteiger partial charge in [-0.2, -0.15) is 4.98 Å². The van der Waals surface area contributed by atoms with E-state index in [0.717, 1.165) is 30.7 Å². The first-order valence-electron chi connectivity index (χ1n) is 10.4. The lowest BCUT2D eigenvalue weighted by atomic mass is 10.0. The van der Waals surface area contributed by atoms with Gasteiger partial charge < -0.3 is 19.1 Å². The van der Waals surface area contributed by atoms with Gasteiger partial charge in [0.2, 0.25) is 17.7 Å². The van der Waals surface area contributed by atoms with Crippen LogP contribution < -0.4 is 4.74 Å². The van der Waals surface area contributed by atoms with Crippen molar-refractivity contribution in [3.8, 4) is 5.75 Å². The molecule has 30 heavy (non-hydrogen) atoms. The molecule has 1 saturated heterocycles. The maximum atomic E-state index is 12.8. The number of ether oxygens (including phenoxy) is 1. The summed E-state index contributed by atoms with van der Waals surface area (Å²) in [7, 11) is 1.64. The highest BCUT2D eigenvalue weighted by molar-refractivity contribution is 5.77. The minimum atomic E-state index is 0.00546. The Kier molecular flexibility index (Phi) is 7.43. The second-order valence-electron chi connectivity index (χ2n) is 7.68. The van der Waals surface area contributed by atoms with Crippen LogP contribution >= 0.6 is 0 Å². The first-order valence-corrected chi connectivity index (χ1v) is 10.4. The van der Waals surface area contributed by atoms with Gasteiger partial charge in [0.1, 0.15) is 5.75 Å². The Balaban J connectivity index is 1.55. The van der Waals surface area contributed by atoms with Crippen molar-refractivity contribution in [1.82, 2.24) is 19.9 Å². The first-order chi connectivity index (χ1) is 14.5. The van der Waals surface area contributed by atoms with Crippen molar-refractivity contribution < 1.29 is 18.8 Å². The van der Waals surface area contributed by atoms with Gasteiger partial charge >= 0.3 is 0 Å². The van der Waals surface area contributed by atoms with Crippen LogP contribution in [0.5, 0.6) is 5.75 Å². The molecule has 1 atom stereocenters. The van der Waals surface area contributed by atoms with Crippen LogP contribution in [0.3, 0.4) is 0 Å². The molecule has 1 unspecified atom stereocenters. The Morgan fingerprint density at radius 1 is 1.33 bits per heavy atom. The van der Waals surface area contributed by atoms with E-state index in [0.29, 0.717) is 44.1 Å². The number of piperidine rings is 1. The van der Waals surface area contributed by atoms with Gasteiger partial charge in [-0.15, -0.1) is 0 Å². The van der Waals surface area contributed by atoms with Crippen LogP contribution in [0.1, 0.15) is 43.5 Å². The molecule has 1 aliphatic heterocycles. The van der Waals surface area contributed by atoms with Crippen LogP contribution in [0.2, 0.25) is 0 Å². The number of hydrogen-bond donors (Lipinski definition) is 0. The van der Waals surface area contributed by atoms with Gasteiger partial charge in [0, 0.05) is 52.4 Å². The zero-order valence-corrected chi connectivity index (χ0v) is 18.0. The first kappa shape index (κ1) is 21.8. The summed E-state index contributed by atoms with van der Waals surface area (Å²) in [4.78, 5) is 33.0. The Hall–Kier alpha value is -2.90. The van der Waals surface area contributed by atoms with E-state index in [1.165, 1.54) is 0 Å². The molecular weight excluding hydrogens is 384 g/mol. The molecule has 0 saturated carbocycles. The molecule has 162 valence electrons. The van der Waals surface area contributed by atoms with Crippen molar-refractivity contribution in [2.75, 3.05) is 26.7 Å². The van der Waals surface area contributed by atoms with E-state index in [9.17, 15) is 9.59 Å². The van der Waals surface area contributed by atoms with Crippen LogP contribution in [-0.4, -0.2) is 64.5 Å². The third-order valence-electron chi connectivity index (χ3n) is 5.50. The summed E-state index contributed by atoms with van der Waals surface area (Å²) in [6.07, 6.45) is 3.44. The van der Waals surface area contributed by atoms with Crippen LogP contribution in [0.25, 0.3) is 0 Å². The molecule has 8 nitrogen and oxygen atoms in total. The number of amides is 2. The molecule has 3 rings (SSSR count). The number of nitrogens with zero attached hydrogens (tertiary/aromatic N) is 4. The Bertz CT molecular complexity index is 866. The monoisotopic (exact) mass is 414 g/mol.